The topological polar surface area (TPSA) is 87.1 Å². The zero-order chi connectivity index (χ0) is 15.9. The van der Waals surface area contributed by atoms with Crippen LogP contribution in [0.15, 0.2) is 42.5 Å². The van der Waals surface area contributed by atoms with E-state index in [0.29, 0.717) is 5.82 Å². The van der Waals surface area contributed by atoms with Crippen molar-refractivity contribution in [3.63, 3.8) is 0 Å². The Bertz CT molecular complexity index is 601. The average Bonchev–Trinajstić information content (AvgIpc) is 2.55. The minimum absolute atomic E-state index is 0.0164. The van der Waals surface area contributed by atoms with Crippen LogP contribution in [0.4, 0.5) is 10.6 Å². The number of nitrogens with zero attached hydrogens (tertiary/aromatic N) is 2. The molecule has 0 fully saturated rings. The fourth-order valence-corrected chi connectivity index (χ4v) is 1.82. The maximum Gasteiger partial charge on any atom is 0.320 e. The van der Waals surface area contributed by atoms with E-state index in [-0.39, 0.29) is 24.6 Å². The summed E-state index contributed by atoms with van der Waals surface area (Å²) in [7, 11) is 0. The van der Waals surface area contributed by atoms with E-state index in [1.165, 1.54) is 0 Å². The molecule has 2 rings (SSSR count). The fourth-order valence-electron chi connectivity index (χ4n) is 1.82. The first-order chi connectivity index (χ1) is 10.6. The van der Waals surface area contributed by atoms with E-state index >= 15 is 0 Å². The molecular weight excluding hydrogens is 280 g/mol. The molecule has 0 spiro atoms. The summed E-state index contributed by atoms with van der Waals surface area (Å²) in [5, 5.41) is 22.5. The van der Waals surface area contributed by atoms with Crippen molar-refractivity contribution in [3.8, 4) is 11.3 Å². The monoisotopic (exact) mass is 300 g/mol. The predicted octanol–water partition coefficient (Wildman–Crippen LogP) is 2.28. The zero-order valence-corrected chi connectivity index (χ0v) is 12.7. The summed E-state index contributed by atoms with van der Waals surface area (Å²) in [6, 6.07) is 12.7. The van der Waals surface area contributed by atoms with Gasteiger partial charge in [0.1, 0.15) is 0 Å². The Morgan fingerprint density at radius 3 is 2.45 bits per heavy atom. The summed E-state index contributed by atoms with van der Waals surface area (Å²) < 4.78 is 0. The number of hydrogen-bond acceptors (Lipinski definition) is 4. The molecular formula is C16H20N4O2. The molecule has 1 aromatic heterocycles. The van der Waals surface area contributed by atoms with E-state index < -0.39 is 0 Å². The van der Waals surface area contributed by atoms with Gasteiger partial charge < -0.3 is 10.4 Å². The van der Waals surface area contributed by atoms with E-state index in [9.17, 15) is 4.79 Å². The van der Waals surface area contributed by atoms with Crippen LogP contribution >= 0.6 is 0 Å². The van der Waals surface area contributed by atoms with Gasteiger partial charge in [-0.25, -0.2) is 4.79 Å². The average molecular weight is 300 g/mol. The molecule has 3 N–H and O–H groups in total. The van der Waals surface area contributed by atoms with Crippen molar-refractivity contribution in [1.29, 1.82) is 0 Å². The van der Waals surface area contributed by atoms with Gasteiger partial charge in [0.25, 0.3) is 0 Å². The van der Waals surface area contributed by atoms with Crippen LogP contribution in [-0.2, 0) is 0 Å². The number of amides is 2. The van der Waals surface area contributed by atoms with Crippen molar-refractivity contribution in [3.05, 3.63) is 42.5 Å². The van der Waals surface area contributed by atoms with Gasteiger partial charge in [-0.05, 0) is 25.0 Å². The highest BCUT2D eigenvalue weighted by molar-refractivity contribution is 5.88. The third-order valence-corrected chi connectivity index (χ3v) is 3.48. The van der Waals surface area contributed by atoms with Crippen LogP contribution < -0.4 is 10.6 Å². The molecule has 2 unspecified atom stereocenters. The van der Waals surface area contributed by atoms with Crippen molar-refractivity contribution in [2.75, 3.05) is 11.9 Å². The van der Waals surface area contributed by atoms with Gasteiger partial charge in [0.15, 0.2) is 5.82 Å². The van der Waals surface area contributed by atoms with E-state index in [2.05, 4.69) is 20.8 Å². The Hall–Kier alpha value is -2.47. The Morgan fingerprint density at radius 1 is 1.14 bits per heavy atom. The van der Waals surface area contributed by atoms with Gasteiger partial charge in [-0.15, -0.1) is 10.2 Å². The minimum atomic E-state index is -0.366. The van der Waals surface area contributed by atoms with Crippen LogP contribution in [0.3, 0.4) is 0 Å². The summed E-state index contributed by atoms with van der Waals surface area (Å²) in [5.74, 6) is 0.360. The SMILES string of the molecule is CC(CO)C(C)NC(=O)Nc1ccc(-c2ccccc2)nn1. The van der Waals surface area contributed by atoms with Crippen molar-refractivity contribution in [2.24, 2.45) is 5.92 Å². The van der Waals surface area contributed by atoms with Crippen LogP contribution in [0.25, 0.3) is 11.3 Å². The minimum Gasteiger partial charge on any atom is -0.396 e. The Morgan fingerprint density at radius 2 is 1.86 bits per heavy atom. The van der Waals surface area contributed by atoms with E-state index in [4.69, 9.17) is 5.11 Å². The third kappa shape index (κ3) is 4.26. The molecule has 0 saturated carbocycles. The van der Waals surface area contributed by atoms with Gasteiger partial charge >= 0.3 is 6.03 Å². The predicted molar refractivity (Wildman–Crippen MR) is 85.3 cm³/mol. The summed E-state index contributed by atoms with van der Waals surface area (Å²) in [5.41, 5.74) is 1.71. The van der Waals surface area contributed by atoms with Crippen molar-refractivity contribution in [2.45, 2.75) is 19.9 Å². The van der Waals surface area contributed by atoms with Gasteiger partial charge in [-0.1, -0.05) is 37.3 Å². The summed E-state index contributed by atoms with van der Waals surface area (Å²) in [6.45, 7) is 3.72. The third-order valence-electron chi connectivity index (χ3n) is 3.48. The molecule has 6 nitrogen and oxygen atoms in total. The molecule has 2 aromatic rings. The lowest BCUT2D eigenvalue weighted by molar-refractivity contribution is 0.204. The summed E-state index contributed by atoms with van der Waals surface area (Å²) >= 11 is 0. The van der Waals surface area contributed by atoms with Crippen molar-refractivity contribution >= 4 is 11.8 Å². The summed E-state index contributed by atoms with van der Waals surface area (Å²) in [4.78, 5) is 11.8. The molecule has 2 atom stereocenters. The number of carbonyl (C=O) groups is 1. The van der Waals surface area contributed by atoms with Crippen molar-refractivity contribution < 1.29 is 9.90 Å². The number of rotatable bonds is 5. The highest BCUT2D eigenvalue weighted by atomic mass is 16.3. The van der Waals surface area contributed by atoms with Crippen LogP contribution in [0.1, 0.15) is 13.8 Å². The van der Waals surface area contributed by atoms with E-state index in [1.807, 2.05) is 44.2 Å². The van der Waals surface area contributed by atoms with Crippen molar-refractivity contribution in [1.82, 2.24) is 15.5 Å². The van der Waals surface area contributed by atoms with Gasteiger partial charge in [-0.2, -0.15) is 0 Å². The molecule has 6 heteroatoms. The zero-order valence-electron chi connectivity index (χ0n) is 12.7. The number of nitrogens with one attached hydrogen (secondary N) is 2. The molecule has 0 saturated heterocycles. The standard InChI is InChI=1S/C16H20N4O2/c1-11(10-21)12(2)17-16(22)18-15-9-8-14(19-20-15)13-6-4-3-5-7-13/h3-9,11-12,21H,10H2,1-2H3,(H2,17,18,20,22). The van der Waals surface area contributed by atoms with Gasteiger partial charge in [0.2, 0.25) is 0 Å². The second-order valence-corrected chi connectivity index (χ2v) is 5.22. The number of benzene rings is 1. The number of aliphatic hydroxyl groups excluding tert-OH is 1. The lowest BCUT2D eigenvalue weighted by Gasteiger charge is -2.19. The van der Waals surface area contributed by atoms with Crippen LogP contribution in [0, 0.1) is 5.92 Å². The number of aliphatic hydroxyl groups is 1. The number of aromatic nitrogens is 2. The molecule has 0 radical (unpaired) electrons. The number of anilines is 1. The normalized spacial score (nSPS) is 13.2. The molecule has 22 heavy (non-hydrogen) atoms. The number of hydrogen-bond donors (Lipinski definition) is 3. The van der Waals surface area contributed by atoms with E-state index in [1.54, 1.807) is 12.1 Å². The fraction of sp³-hybridized carbons (Fsp3) is 0.312. The molecule has 116 valence electrons. The highest BCUT2D eigenvalue weighted by Gasteiger charge is 2.14. The molecule has 1 aromatic carbocycles. The van der Waals surface area contributed by atoms with E-state index in [0.717, 1.165) is 11.3 Å². The quantitative estimate of drug-likeness (QED) is 0.790. The van der Waals surface area contributed by atoms with Gasteiger partial charge in [-0.3, -0.25) is 5.32 Å². The second-order valence-electron chi connectivity index (χ2n) is 5.22. The molecule has 0 aliphatic heterocycles. The molecule has 2 amide bonds. The van der Waals surface area contributed by atoms with Crippen LogP contribution in [0.5, 0.6) is 0 Å². The number of carbonyl (C=O) groups excluding carboxylic acids is 1. The smallest absolute Gasteiger partial charge is 0.320 e. The summed E-state index contributed by atoms with van der Waals surface area (Å²) in [6.07, 6.45) is 0. The molecule has 0 aliphatic rings. The van der Waals surface area contributed by atoms with Gasteiger partial charge in [0, 0.05) is 18.2 Å². The van der Waals surface area contributed by atoms with Crippen LogP contribution in [-0.4, -0.2) is 34.0 Å². The maximum absolute atomic E-state index is 11.8. The highest BCUT2D eigenvalue weighted by Crippen LogP contribution is 2.16. The molecule has 0 aliphatic carbocycles. The Labute approximate surface area is 129 Å². The lowest BCUT2D eigenvalue weighted by atomic mass is 10.1. The first-order valence-corrected chi connectivity index (χ1v) is 7.17. The first-order valence-electron chi connectivity index (χ1n) is 7.17. The Balaban J connectivity index is 1.95. The Kier molecular flexibility index (Phi) is 5.43. The molecule has 0 bridgehead atoms. The number of urea groups is 1. The van der Waals surface area contributed by atoms with Crippen LogP contribution in [0.2, 0.25) is 0 Å². The largest absolute Gasteiger partial charge is 0.396 e. The maximum atomic E-state index is 11.8. The second kappa shape index (κ2) is 7.51. The van der Waals surface area contributed by atoms with Gasteiger partial charge in [0.05, 0.1) is 5.69 Å². The lowest BCUT2D eigenvalue weighted by Crippen LogP contribution is -2.41. The first kappa shape index (κ1) is 15.9. The molecule has 1 heterocycles.